The van der Waals surface area contributed by atoms with Crippen molar-refractivity contribution in [3.05, 3.63) is 47.8 Å². The number of fused-ring (bicyclic) bond motifs is 2. The molecule has 1 saturated carbocycles. The van der Waals surface area contributed by atoms with E-state index in [4.69, 9.17) is 4.74 Å². The van der Waals surface area contributed by atoms with Gasteiger partial charge in [-0.2, -0.15) is 5.26 Å². The average Bonchev–Trinajstić information content (AvgIpc) is 3.46. The molecule has 0 radical (unpaired) electrons. The first-order valence-corrected chi connectivity index (χ1v) is 13.7. The van der Waals surface area contributed by atoms with Gasteiger partial charge in [0.05, 0.1) is 18.0 Å². The molecule has 0 aromatic heterocycles. The summed E-state index contributed by atoms with van der Waals surface area (Å²) in [6.07, 6.45) is 1.35. The fraction of sp³-hybridized carbons (Fsp3) is 0.462. The predicted molar refractivity (Wildman–Crippen MR) is 127 cm³/mol. The molecule has 2 fully saturated rings. The van der Waals surface area contributed by atoms with Gasteiger partial charge in [0.25, 0.3) is 6.43 Å². The van der Waals surface area contributed by atoms with Gasteiger partial charge in [-0.15, -0.1) is 0 Å². The van der Waals surface area contributed by atoms with Crippen LogP contribution in [0.3, 0.4) is 0 Å². The van der Waals surface area contributed by atoms with Gasteiger partial charge in [-0.1, -0.05) is 18.2 Å². The fourth-order valence-electron chi connectivity index (χ4n) is 5.17. The Kier molecular flexibility index (Phi) is 7.71. The number of hydrogen-bond donors (Lipinski definition) is 1. The number of rotatable bonds is 10. The van der Waals surface area contributed by atoms with Crippen molar-refractivity contribution in [1.29, 1.82) is 5.26 Å². The number of halogens is 3. The van der Waals surface area contributed by atoms with E-state index in [1.54, 1.807) is 6.07 Å². The summed E-state index contributed by atoms with van der Waals surface area (Å²) in [5.41, 5.74) is 1.04. The number of Topliss-reactive ketones (excluding diaryl/α,β-unsaturated/α-hetero) is 1. The van der Waals surface area contributed by atoms with Crippen LogP contribution in [-0.2, 0) is 21.1 Å². The molecular weight excluding hydrogens is 493 g/mol. The second-order valence-corrected chi connectivity index (χ2v) is 11.5. The summed E-state index contributed by atoms with van der Waals surface area (Å²) in [6, 6.07) is 10.6. The quantitative estimate of drug-likeness (QED) is 0.501. The molecule has 1 aliphatic carbocycles. The second-order valence-electron chi connectivity index (χ2n) is 9.56. The minimum absolute atomic E-state index is 0.00642. The number of benzene rings is 2. The first-order chi connectivity index (χ1) is 17.0. The topological polar surface area (TPSA) is 96.3 Å². The van der Waals surface area contributed by atoms with Crippen LogP contribution in [0.2, 0.25) is 0 Å². The molecule has 1 aliphatic heterocycles. The SMILES string of the molecule is CS(=O)(=O)c1ccc(-c2ccc(C[C@@H](C#N)CC(=O)[C@H]3N[C@@H]4CC[C@H]3C4)c(F)c2)cc1OCC(F)F. The van der Waals surface area contributed by atoms with Crippen LogP contribution < -0.4 is 10.1 Å². The Balaban J connectivity index is 1.49. The second kappa shape index (κ2) is 10.6. The van der Waals surface area contributed by atoms with Crippen molar-refractivity contribution in [3.8, 4) is 22.9 Å². The molecule has 2 bridgehead atoms. The molecule has 2 aliphatic rings. The van der Waals surface area contributed by atoms with Crippen LogP contribution >= 0.6 is 0 Å². The largest absolute Gasteiger partial charge is 0.486 e. The fourth-order valence-corrected chi connectivity index (χ4v) is 5.97. The number of carbonyl (C=O) groups is 1. The average molecular weight is 521 g/mol. The zero-order valence-electron chi connectivity index (χ0n) is 19.7. The molecule has 0 unspecified atom stereocenters. The lowest BCUT2D eigenvalue weighted by Crippen LogP contribution is -2.42. The summed E-state index contributed by atoms with van der Waals surface area (Å²) < 4.78 is 69.3. The Morgan fingerprint density at radius 2 is 1.92 bits per heavy atom. The molecule has 2 aromatic carbocycles. The first-order valence-electron chi connectivity index (χ1n) is 11.8. The number of piperidine rings is 1. The molecule has 0 amide bonds. The van der Waals surface area contributed by atoms with Gasteiger partial charge in [-0.3, -0.25) is 4.79 Å². The molecule has 10 heteroatoms. The van der Waals surface area contributed by atoms with Crippen molar-refractivity contribution in [2.24, 2.45) is 11.8 Å². The zero-order valence-corrected chi connectivity index (χ0v) is 20.5. The summed E-state index contributed by atoms with van der Waals surface area (Å²) in [5, 5.41) is 12.9. The van der Waals surface area contributed by atoms with E-state index >= 15 is 0 Å². The predicted octanol–water partition coefficient (Wildman–Crippen LogP) is 4.32. The number of ether oxygens (including phenoxy) is 1. The number of alkyl halides is 2. The summed E-state index contributed by atoms with van der Waals surface area (Å²) in [6.45, 7) is -0.981. The zero-order chi connectivity index (χ0) is 26.0. The van der Waals surface area contributed by atoms with Gasteiger partial charge in [0.2, 0.25) is 0 Å². The number of nitriles is 1. The van der Waals surface area contributed by atoms with E-state index in [-0.39, 0.29) is 40.9 Å². The number of nitrogens with zero attached hydrogens (tertiary/aromatic N) is 1. The van der Waals surface area contributed by atoms with Crippen molar-refractivity contribution in [2.45, 2.75) is 55.5 Å². The number of sulfone groups is 1. The molecule has 0 spiro atoms. The van der Waals surface area contributed by atoms with Crippen molar-refractivity contribution < 1.29 is 31.1 Å². The Morgan fingerprint density at radius 3 is 2.50 bits per heavy atom. The van der Waals surface area contributed by atoms with Crippen LogP contribution in [0.1, 0.15) is 31.2 Å². The first kappa shape index (κ1) is 26.2. The van der Waals surface area contributed by atoms with E-state index in [1.165, 1.54) is 30.3 Å². The Hall–Kier alpha value is -2.90. The standard InChI is InChI=1S/C26H27F3N2O4S/c1-36(33,34)24-7-5-17(12-23(24)35-14-25(28)29)16-2-3-18(21(27)11-16)8-15(13-30)9-22(32)26-19-4-6-20(10-19)31-26/h2-3,5,7,11-12,15,19-20,25-26,31H,4,6,8-10,14H2,1H3/t15-,19+,20-,26+/m1/s1. The van der Waals surface area contributed by atoms with Gasteiger partial charge in [-0.05, 0) is 66.5 Å². The normalized spacial score (nSPS) is 21.9. The summed E-state index contributed by atoms with van der Waals surface area (Å²) in [4.78, 5) is 12.5. The third kappa shape index (κ3) is 5.90. The van der Waals surface area contributed by atoms with Crippen LogP contribution in [0, 0.1) is 29.0 Å². The number of nitrogens with one attached hydrogen (secondary N) is 1. The monoisotopic (exact) mass is 520 g/mol. The van der Waals surface area contributed by atoms with Crippen LogP contribution in [0.15, 0.2) is 41.3 Å². The van der Waals surface area contributed by atoms with Crippen LogP contribution in [0.5, 0.6) is 5.75 Å². The van der Waals surface area contributed by atoms with Crippen molar-refractivity contribution in [2.75, 3.05) is 12.9 Å². The third-order valence-corrected chi connectivity index (χ3v) is 8.03. The van der Waals surface area contributed by atoms with Crippen molar-refractivity contribution >= 4 is 15.6 Å². The Labute approximate surface area is 208 Å². The molecule has 4 rings (SSSR count). The molecule has 2 aromatic rings. The molecule has 1 saturated heterocycles. The van der Waals surface area contributed by atoms with Crippen LogP contribution in [-0.4, -0.2) is 45.6 Å². The lowest BCUT2D eigenvalue weighted by Gasteiger charge is -2.22. The van der Waals surface area contributed by atoms with E-state index in [0.717, 1.165) is 25.5 Å². The van der Waals surface area contributed by atoms with Gasteiger partial charge >= 0.3 is 0 Å². The number of hydrogen-bond acceptors (Lipinski definition) is 6. The summed E-state index contributed by atoms with van der Waals surface area (Å²) in [7, 11) is -3.74. The molecule has 4 atom stereocenters. The van der Waals surface area contributed by atoms with E-state index in [9.17, 15) is 31.6 Å². The van der Waals surface area contributed by atoms with Crippen molar-refractivity contribution in [3.63, 3.8) is 0 Å². The number of ketones is 1. The van der Waals surface area contributed by atoms with Gasteiger partial charge in [0, 0.05) is 18.7 Å². The summed E-state index contributed by atoms with van der Waals surface area (Å²) >= 11 is 0. The smallest absolute Gasteiger partial charge is 0.272 e. The molecule has 1 N–H and O–H groups in total. The Bertz CT molecular complexity index is 1290. The highest BCUT2D eigenvalue weighted by Gasteiger charge is 2.42. The molecule has 1 heterocycles. The minimum Gasteiger partial charge on any atom is -0.486 e. The highest BCUT2D eigenvalue weighted by molar-refractivity contribution is 7.90. The van der Waals surface area contributed by atoms with Gasteiger partial charge in [0.15, 0.2) is 15.6 Å². The van der Waals surface area contributed by atoms with E-state index in [0.29, 0.717) is 23.1 Å². The van der Waals surface area contributed by atoms with Crippen LogP contribution in [0.4, 0.5) is 13.2 Å². The lowest BCUT2D eigenvalue weighted by atomic mass is 9.88. The van der Waals surface area contributed by atoms with E-state index in [1.807, 2.05) is 0 Å². The molecule has 6 nitrogen and oxygen atoms in total. The maximum atomic E-state index is 15.0. The van der Waals surface area contributed by atoms with E-state index in [2.05, 4.69) is 11.4 Å². The molecular formula is C26H27F3N2O4S. The molecule has 36 heavy (non-hydrogen) atoms. The van der Waals surface area contributed by atoms with Crippen LogP contribution in [0.25, 0.3) is 11.1 Å². The molecule has 192 valence electrons. The van der Waals surface area contributed by atoms with Gasteiger partial charge in [0.1, 0.15) is 23.1 Å². The third-order valence-electron chi connectivity index (χ3n) is 6.90. The highest BCUT2D eigenvalue weighted by Crippen LogP contribution is 2.36. The van der Waals surface area contributed by atoms with Crippen molar-refractivity contribution in [1.82, 2.24) is 5.32 Å². The highest BCUT2D eigenvalue weighted by atomic mass is 32.2. The number of carbonyl (C=O) groups excluding carboxylic acids is 1. The summed E-state index contributed by atoms with van der Waals surface area (Å²) in [5.74, 6) is -1.17. The van der Waals surface area contributed by atoms with E-state index < -0.39 is 34.6 Å². The maximum Gasteiger partial charge on any atom is 0.272 e. The van der Waals surface area contributed by atoms with Gasteiger partial charge < -0.3 is 10.1 Å². The van der Waals surface area contributed by atoms with Gasteiger partial charge in [-0.25, -0.2) is 21.6 Å². The maximum absolute atomic E-state index is 15.0. The lowest BCUT2D eigenvalue weighted by molar-refractivity contribution is -0.122. The Morgan fingerprint density at radius 1 is 1.19 bits per heavy atom. The minimum atomic E-state index is -3.74.